The Morgan fingerprint density at radius 3 is 2.85 bits per heavy atom. The van der Waals surface area contributed by atoms with Crippen LogP contribution in [0.25, 0.3) is 0 Å². The summed E-state index contributed by atoms with van der Waals surface area (Å²) < 4.78 is 5.84. The first-order valence-corrected chi connectivity index (χ1v) is 9.44. The lowest BCUT2D eigenvalue weighted by Gasteiger charge is -2.26. The number of ether oxygens (including phenoxy) is 1. The SMILES string of the molecule is Cc1ccc(CN(CC2CC2)C(=O)c2n[nH]c3c2C[C@@H](C)O[C@H]3C)cn1. The topological polar surface area (TPSA) is 71.1 Å². The summed E-state index contributed by atoms with van der Waals surface area (Å²) in [6, 6.07) is 4.04. The number of nitrogens with one attached hydrogen (secondary N) is 1. The van der Waals surface area contributed by atoms with E-state index in [4.69, 9.17) is 4.74 Å². The van der Waals surface area contributed by atoms with Crippen LogP contribution >= 0.6 is 0 Å². The second kappa shape index (κ2) is 6.83. The van der Waals surface area contributed by atoms with Crippen molar-refractivity contribution in [3.05, 3.63) is 46.5 Å². The molecule has 1 N–H and O–H groups in total. The van der Waals surface area contributed by atoms with Gasteiger partial charge in [0.05, 0.1) is 17.9 Å². The molecular formula is C20H26N4O2. The standard InChI is InChI=1S/C20H26N4O2/c1-12-4-5-16(9-21-12)11-24(10-15-6-7-15)20(25)19-17-8-13(2)26-14(3)18(17)22-23-19/h4-5,9,13-15H,6-8,10-11H2,1-3H3,(H,22,23)/t13-,14+/m1/s1. The Labute approximate surface area is 154 Å². The smallest absolute Gasteiger partial charge is 0.274 e. The Hall–Kier alpha value is -2.21. The van der Waals surface area contributed by atoms with Crippen molar-refractivity contribution in [1.29, 1.82) is 0 Å². The van der Waals surface area contributed by atoms with Crippen LogP contribution in [0, 0.1) is 12.8 Å². The molecule has 2 aliphatic rings. The van der Waals surface area contributed by atoms with E-state index < -0.39 is 0 Å². The Bertz CT molecular complexity index is 795. The van der Waals surface area contributed by atoms with Gasteiger partial charge in [0.15, 0.2) is 5.69 Å². The van der Waals surface area contributed by atoms with Gasteiger partial charge in [-0.05, 0) is 51.2 Å². The first-order chi connectivity index (χ1) is 12.5. The van der Waals surface area contributed by atoms with Gasteiger partial charge in [0.25, 0.3) is 5.91 Å². The van der Waals surface area contributed by atoms with Gasteiger partial charge in [-0.1, -0.05) is 6.07 Å². The third-order valence-corrected chi connectivity index (χ3v) is 5.25. The highest BCUT2D eigenvalue weighted by atomic mass is 16.5. The molecule has 0 bridgehead atoms. The number of aryl methyl sites for hydroxylation is 1. The van der Waals surface area contributed by atoms with E-state index in [9.17, 15) is 4.79 Å². The maximum atomic E-state index is 13.3. The van der Waals surface area contributed by atoms with Gasteiger partial charge in [0, 0.05) is 37.0 Å². The maximum Gasteiger partial charge on any atom is 0.274 e. The van der Waals surface area contributed by atoms with Crippen molar-refractivity contribution in [1.82, 2.24) is 20.1 Å². The highest BCUT2D eigenvalue weighted by Crippen LogP contribution is 2.33. The van der Waals surface area contributed by atoms with Gasteiger partial charge < -0.3 is 9.64 Å². The third-order valence-electron chi connectivity index (χ3n) is 5.25. The molecule has 1 aliphatic carbocycles. The number of nitrogens with zero attached hydrogens (tertiary/aromatic N) is 3. The van der Waals surface area contributed by atoms with E-state index in [1.54, 1.807) is 0 Å². The Balaban J connectivity index is 1.59. The monoisotopic (exact) mass is 354 g/mol. The molecule has 2 atom stereocenters. The average molecular weight is 354 g/mol. The molecule has 1 amide bonds. The van der Waals surface area contributed by atoms with E-state index in [1.165, 1.54) is 12.8 Å². The molecule has 4 rings (SSSR count). The Morgan fingerprint density at radius 2 is 2.15 bits per heavy atom. The van der Waals surface area contributed by atoms with Crippen molar-refractivity contribution in [2.45, 2.75) is 58.8 Å². The van der Waals surface area contributed by atoms with Gasteiger partial charge >= 0.3 is 0 Å². The molecule has 1 fully saturated rings. The van der Waals surface area contributed by atoms with Crippen LogP contribution in [0.4, 0.5) is 0 Å². The minimum Gasteiger partial charge on any atom is -0.369 e. The van der Waals surface area contributed by atoms with Crippen molar-refractivity contribution in [3.8, 4) is 0 Å². The number of hydrogen-bond acceptors (Lipinski definition) is 4. The molecule has 3 heterocycles. The summed E-state index contributed by atoms with van der Waals surface area (Å²) in [6.07, 6.45) is 5.04. The van der Waals surface area contributed by atoms with Crippen LogP contribution in [0.2, 0.25) is 0 Å². The molecule has 1 aliphatic heterocycles. The number of aromatic nitrogens is 3. The van der Waals surface area contributed by atoms with Crippen LogP contribution in [-0.2, 0) is 17.7 Å². The van der Waals surface area contributed by atoms with E-state index in [2.05, 4.69) is 15.2 Å². The van der Waals surface area contributed by atoms with Gasteiger partial charge in [-0.2, -0.15) is 5.10 Å². The first kappa shape index (κ1) is 17.2. The highest BCUT2D eigenvalue weighted by molar-refractivity contribution is 5.94. The van der Waals surface area contributed by atoms with Crippen LogP contribution < -0.4 is 0 Å². The molecule has 2 aromatic heterocycles. The molecule has 0 saturated heterocycles. The summed E-state index contributed by atoms with van der Waals surface area (Å²) in [7, 11) is 0. The number of pyridine rings is 1. The molecule has 1 saturated carbocycles. The average Bonchev–Trinajstić information content (AvgIpc) is 3.32. The van der Waals surface area contributed by atoms with E-state index in [1.807, 2.05) is 44.0 Å². The fourth-order valence-electron chi connectivity index (χ4n) is 3.64. The zero-order chi connectivity index (χ0) is 18.3. The zero-order valence-electron chi connectivity index (χ0n) is 15.7. The number of amides is 1. The van der Waals surface area contributed by atoms with Crippen molar-refractivity contribution < 1.29 is 9.53 Å². The summed E-state index contributed by atoms with van der Waals surface area (Å²) in [5.74, 6) is 0.629. The molecule has 138 valence electrons. The largest absolute Gasteiger partial charge is 0.369 e. The predicted molar refractivity (Wildman–Crippen MR) is 97.7 cm³/mol. The van der Waals surface area contributed by atoms with Crippen molar-refractivity contribution >= 4 is 5.91 Å². The molecule has 2 aromatic rings. The van der Waals surface area contributed by atoms with Gasteiger partial charge in [0.2, 0.25) is 0 Å². The molecule has 0 radical (unpaired) electrons. The summed E-state index contributed by atoms with van der Waals surface area (Å²) in [5, 5.41) is 7.41. The van der Waals surface area contributed by atoms with Gasteiger partial charge in [-0.25, -0.2) is 0 Å². The van der Waals surface area contributed by atoms with Crippen LogP contribution in [0.3, 0.4) is 0 Å². The Kier molecular flexibility index (Phi) is 4.53. The number of carbonyl (C=O) groups is 1. The lowest BCUT2D eigenvalue weighted by Crippen LogP contribution is -2.34. The fraction of sp³-hybridized carbons (Fsp3) is 0.550. The molecule has 26 heavy (non-hydrogen) atoms. The van der Waals surface area contributed by atoms with Crippen LogP contribution in [0.15, 0.2) is 18.3 Å². The van der Waals surface area contributed by atoms with Crippen molar-refractivity contribution in [3.63, 3.8) is 0 Å². The van der Waals surface area contributed by atoms with Crippen LogP contribution in [-0.4, -0.2) is 38.6 Å². The van der Waals surface area contributed by atoms with E-state index in [0.717, 1.165) is 35.5 Å². The number of rotatable bonds is 5. The number of aromatic amines is 1. The third kappa shape index (κ3) is 3.51. The number of hydrogen-bond donors (Lipinski definition) is 1. The normalized spacial score (nSPS) is 22.1. The summed E-state index contributed by atoms with van der Waals surface area (Å²) in [5.41, 5.74) is 4.55. The molecule has 6 heteroatoms. The predicted octanol–water partition coefficient (Wildman–Crippen LogP) is 3.19. The summed E-state index contributed by atoms with van der Waals surface area (Å²) in [4.78, 5) is 19.6. The van der Waals surface area contributed by atoms with Gasteiger partial charge in [-0.3, -0.25) is 14.9 Å². The van der Waals surface area contributed by atoms with E-state index >= 15 is 0 Å². The molecule has 0 unspecified atom stereocenters. The lowest BCUT2D eigenvalue weighted by atomic mass is 9.99. The van der Waals surface area contributed by atoms with Gasteiger partial charge in [-0.15, -0.1) is 0 Å². The minimum atomic E-state index is -0.0546. The number of H-pyrrole nitrogens is 1. The van der Waals surface area contributed by atoms with Crippen LogP contribution in [0.5, 0.6) is 0 Å². The first-order valence-electron chi connectivity index (χ1n) is 9.44. The highest BCUT2D eigenvalue weighted by Gasteiger charge is 2.33. The lowest BCUT2D eigenvalue weighted by molar-refractivity contribution is -0.00702. The molecule has 0 aromatic carbocycles. The molecule has 0 spiro atoms. The van der Waals surface area contributed by atoms with Gasteiger partial charge in [0.1, 0.15) is 0 Å². The van der Waals surface area contributed by atoms with Crippen molar-refractivity contribution in [2.75, 3.05) is 6.54 Å². The number of fused-ring (bicyclic) bond motifs is 1. The van der Waals surface area contributed by atoms with E-state index in [0.29, 0.717) is 18.2 Å². The van der Waals surface area contributed by atoms with Crippen LogP contribution in [0.1, 0.15) is 65.8 Å². The molecule has 6 nitrogen and oxygen atoms in total. The van der Waals surface area contributed by atoms with Crippen molar-refractivity contribution in [2.24, 2.45) is 5.92 Å². The molecular weight excluding hydrogens is 328 g/mol. The fourth-order valence-corrected chi connectivity index (χ4v) is 3.64. The minimum absolute atomic E-state index is 0.0104. The maximum absolute atomic E-state index is 13.3. The number of carbonyl (C=O) groups excluding carboxylic acids is 1. The summed E-state index contributed by atoms with van der Waals surface area (Å²) in [6.45, 7) is 7.38. The second-order valence-electron chi connectivity index (χ2n) is 7.69. The van der Waals surface area contributed by atoms with E-state index in [-0.39, 0.29) is 18.1 Å². The Morgan fingerprint density at radius 1 is 1.35 bits per heavy atom. The second-order valence-corrected chi connectivity index (χ2v) is 7.69. The quantitative estimate of drug-likeness (QED) is 0.895. The summed E-state index contributed by atoms with van der Waals surface area (Å²) >= 11 is 0. The zero-order valence-corrected chi connectivity index (χ0v) is 15.7.